The molecule has 144 valence electrons. The standard InChI is InChI=1S/C17H14FN5O5/c18-10-5-11(14(24)22-9-3-1-8(2-4-9)17(26)27)28-16(10)23-7-21-12-13(23)19-6-20-15(12)25/h1-4,6-7,10-11,16H,5H2,(H,22,24)(H,26,27)(H,19,20,25)/t10-,11-,16+/m0/s1. The smallest absolute Gasteiger partial charge is 0.335 e. The topological polar surface area (TPSA) is 139 Å². The molecule has 2 aromatic heterocycles. The van der Waals surface area contributed by atoms with Gasteiger partial charge in [0.1, 0.15) is 12.3 Å². The average Bonchev–Trinajstić information content (AvgIpc) is 3.26. The van der Waals surface area contributed by atoms with E-state index in [2.05, 4.69) is 20.3 Å². The number of hydrogen-bond acceptors (Lipinski definition) is 6. The molecule has 28 heavy (non-hydrogen) atoms. The fourth-order valence-electron chi connectivity index (χ4n) is 3.01. The van der Waals surface area contributed by atoms with Gasteiger partial charge >= 0.3 is 5.97 Å². The molecule has 3 N–H and O–H groups in total. The number of aromatic carboxylic acids is 1. The average molecular weight is 387 g/mol. The van der Waals surface area contributed by atoms with Gasteiger partial charge in [-0.25, -0.2) is 19.2 Å². The van der Waals surface area contributed by atoms with Gasteiger partial charge in [0.25, 0.3) is 11.5 Å². The maximum absolute atomic E-state index is 14.5. The highest BCUT2D eigenvalue weighted by atomic mass is 19.1. The van der Waals surface area contributed by atoms with Crippen molar-refractivity contribution in [2.45, 2.75) is 24.9 Å². The van der Waals surface area contributed by atoms with E-state index in [1.54, 1.807) is 0 Å². The van der Waals surface area contributed by atoms with Crippen molar-refractivity contribution in [2.24, 2.45) is 0 Å². The summed E-state index contributed by atoms with van der Waals surface area (Å²) < 4.78 is 21.4. The van der Waals surface area contributed by atoms with Crippen LogP contribution in [0.4, 0.5) is 10.1 Å². The number of hydrogen-bond donors (Lipinski definition) is 3. The molecule has 1 amide bonds. The molecule has 3 atom stereocenters. The third kappa shape index (κ3) is 3.11. The van der Waals surface area contributed by atoms with Crippen LogP contribution in [-0.4, -0.2) is 48.8 Å². The molecule has 1 aromatic carbocycles. The van der Waals surface area contributed by atoms with Crippen molar-refractivity contribution in [1.82, 2.24) is 19.5 Å². The summed E-state index contributed by atoms with van der Waals surface area (Å²) in [6.45, 7) is 0. The van der Waals surface area contributed by atoms with Gasteiger partial charge in [-0.3, -0.25) is 14.2 Å². The predicted octanol–water partition coefficient (Wildman–Crippen LogP) is 1.08. The SMILES string of the molecule is O=C(O)c1ccc(NC(=O)[C@@H]2C[C@H](F)[C@H](n3cnc4c(=O)[nH]cnc43)O2)cc1. The molecule has 3 aromatic rings. The zero-order chi connectivity index (χ0) is 19.8. The minimum Gasteiger partial charge on any atom is -0.478 e. The van der Waals surface area contributed by atoms with Gasteiger partial charge < -0.3 is 20.1 Å². The number of nitrogens with one attached hydrogen (secondary N) is 2. The number of rotatable bonds is 4. The first-order valence-electron chi connectivity index (χ1n) is 8.28. The van der Waals surface area contributed by atoms with Gasteiger partial charge in [0.2, 0.25) is 0 Å². The van der Waals surface area contributed by atoms with Crippen LogP contribution in [0.5, 0.6) is 0 Å². The Hall–Kier alpha value is -3.60. The van der Waals surface area contributed by atoms with Gasteiger partial charge in [0, 0.05) is 12.1 Å². The Morgan fingerprint density at radius 3 is 2.75 bits per heavy atom. The van der Waals surface area contributed by atoms with Crippen LogP contribution in [0.2, 0.25) is 0 Å². The van der Waals surface area contributed by atoms with Gasteiger partial charge in [0.15, 0.2) is 17.4 Å². The molecule has 3 heterocycles. The molecule has 0 saturated carbocycles. The number of anilines is 1. The summed E-state index contributed by atoms with van der Waals surface area (Å²) in [5, 5.41) is 11.5. The number of carboxylic acid groups (broad SMARTS) is 1. The summed E-state index contributed by atoms with van der Waals surface area (Å²) in [5.41, 5.74) is 0.176. The number of H-pyrrole nitrogens is 1. The highest BCUT2D eigenvalue weighted by molar-refractivity contribution is 5.95. The van der Waals surface area contributed by atoms with E-state index in [0.717, 1.165) is 0 Å². The Bertz CT molecular complexity index is 1110. The molecule has 0 unspecified atom stereocenters. The molecule has 0 radical (unpaired) electrons. The van der Waals surface area contributed by atoms with Crippen molar-refractivity contribution in [1.29, 1.82) is 0 Å². The summed E-state index contributed by atoms with van der Waals surface area (Å²) in [7, 11) is 0. The maximum Gasteiger partial charge on any atom is 0.335 e. The van der Waals surface area contributed by atoms with Crippen LogP contribution in [0.25, 0.3) is 11.2 Å². The first-order valence-corrected chi connectivity index (χ1v) is 8.28. The van der Waals surface area contributed by atoms with Crippen molar-refractivity contribution in [3.05, 3.63) is 52.8 Å². The van der Waals surface area contributed by atoms with Crippen LogP contribution in [-0.2, 0) is 9.53 Å². The van der Waals surface area contributed by atoms with Crippen LogP contribution in [0, 0.1) is 0 Å². The van der Waals surface area contributed by atoms with Gasteiger partial charge in [-0.2, -0.15) is 0 Å². The van der Waals surface area contributed by atoms with Crippen LogP contribution >= 0.6 is 0 Å². The summed E-state index contributed by atoms with van der Waals surface area (Å²) in [4.78, 5) is 45.3. The van der Waals surface area contributed by atoms with E-state index in [1.165, 1.54) is 41.5 Å². The monoisotopic (exact) mass is 387 g/mol. The van der Waals surface area contributed by atoms with Crippen molar-refractivity contribution >= 4 is 28.7 Å². The lowest BCUT2D eigenvalue weighted by molar-refractivity contribution is -0.128. The largest absolute Gasteiger partial charge is 0.478 e. The number of carboxylic acids is 1. The van der Waals surface area contributed by atoms with E-state index in [9.17, 15) is 18.8 Å². The zero-order valence-electron chi connectivity index (χ0n) is 14.2. The predicted molar refractivity (Wildman–Crippen MR) is 93.6 cm³/mol. The zero-order valence-corrected chi connectivity index (χ0v) is 14.2. The Morgan fingerprint density at radius 1 is 1.29 bits per heavy atom. The number of amides is 1. The molecule has 0 aliphatic carbocycles. The minimum absolute atomic E-state index is 0.0460. The fourth-order valence-corrected chi connectivity index (χ4v) is 3.01. The number of imidazole rings is 1. The number of fused-ring (bicyclic) bond motifs is 1. The summed E-state index contributed by atoms with van der Waals surface area (Å²) in [6.07, 6.45) is -1.50. The van der Waals surface area contributed by atoms with E-state index < -0.39 is 35.9 Å². The lowest BCUT2D eigenvalue weighted by Crippen LogP contribution is -2.27. The van der Waals surface area contributed by atoms with E-state index in [1.807, 2.05) is 0 Å². The second-order valence-corrected chi connectivity index (χ2v) is 6.19. The summed E-state index contributed by atoms with van der Waals surface area (Å²) in [5.74, 6) is -1.65. The molecule has 4 rings (SSSR count). The third-order valence-corrected chi connectivity index (χ3v) is 4.38. The lowest BCUT2D eigenvalue weighted by Gasteiger charge is -2.15. The van der Waals surface area contributed by atoms with Crippen molar-refractivity contribution < 1.29 is 23.8 Å². The lowest BCUT2D eigenvalue weighted by atomic mass is 10.1. The summed E-state index contributed by atoms with van der Waals surface area (Å²) >= 11 is 0. The van der Waals surface area contributed by atoms with E-state index in [4.69, 9.17) is 9.84 Å². The molecule has 11 heteroatoms. The Morgan fingerprint density at radius 2 is 2.04 bits per heavy atom. The van der Waals surface area contributed by atoms with E-state index in [0.29, 0.717) is 5.69 Å². The Balaban J connectivity index is 1.50. The van der Waals surface area contributed by atoms with Gasteiger partial charge in [-0.05, 0) is 24.3 Å². The molecule has 1 fully saturated rings. The second kappa shape index (κ2) is 6.85. The van der Waals surface area contributed by atoms with Crippen LogP contribution < -0.4 is 10.9 Å². The molecule has 10 nitrogen and oxygen atoms in total. The molecular formula is C17H14FN5O5. The minimum atomic E-state index is -1.51. The molecular weight excluding hydrogens is 373 g/mol. The van der Waals surface area contributed by atoms with Gasteiger partial charge in [-0.1, -0.05) is 0 Å². The Labute approximate surface area is 156 Å². The number of carbonyl (C=O) groups excluding carboxylic acids is 1. The van der Waals surface area contributed by atoms with Gasteiger partial charge in [0.05, 0.1) is 18.2 Å². The fraction of sp³-hybridized carbons (Fsp3) is 0.235. The second-order valence-electron chi connectivity index (χ2n) is 6.19. The van der Waals surface area contributed by atoms with Crippen LogP contribution in [0.15, 0.2) is 41.7 Å². The number of aromatic amines is 1. The number of nitrogens with zero attached hydrogens (tertiary/aromatic N) is 3. The molecule has 1 saturated heterocycles. The molecule has 0 spiro atoms. The number of halogens is 1. The summed E-state index contributed by atoms with van der Waals surface area (Å²) in [6, 6.07) is 5.55. The van der Waals surface area contributed by atoms with Crippen molar-refractivity contribution in [3.8, 4) is 0 Å². The number of carbonyl (C=O) groups is 2. The van der Waals surface area contributed by atoms with Crippen LogP contribution in [0.3, 0.4) is 0 Å². The number of benzene rings is 1. The quantitative estimate of drug-likeness (QED) is 0.609. The highest BCUT2D eigenvalue weighted by Gasteiger charge is 2.41. The highest BCUT2D eigenvalue weighted by Crippen LogP contribution is 2.33. The number of ether oxygens (including phenoxy) is 1. The van der Waals surface area contributed by atoms with E-state index in [-0.39, 0.29) is 23.1 Å². The number of alkyl halides is 1. The molecule has 0 bridgehead atoms. The normalized spacial score (nSPS) is 21.7. The maximum atomic E-state index is 14.5. The molecule has 1 aliphatic heterocycles. The molecule has 1 aliphatic rings. The van der Waals surface area contributed by atoms with E-state index >= 15 is 0 Å². The first kappa shape index (κ1) is 17.8. The van der Waals surface area contributed by atoms with Crippen molar-refractivity contribution in [3.63, 3.8) is 0 Å². The Kier molecular flexibility index (Phi) is 4.35. The van der Waals surface area contributed by atoms with Crippen LogP contribution in [0.1, 0.15) is 23.0 Å². The third-order valence-electron chi connectivity index (χ3n) is 4.38. The van der Waals surface area contributed by atoms with Crippen molar-refractivity contribution in [2.75, 3.05) is 5.32 Å². The van der Waals surface area contributed by atoms with Gasteiger partial charge in [-0.15, -0.1) is 0 Å². The first-order chi connectivity index (χ1) is 13.4. The number of aromatic nitrogens is 4.